The fraction of sp³-hybridized carbons (Fsp3) is 0.269. The maximum atomic E-state index is 13.3. The van der Waals surface area contributed by atoms with E-state index in [1.165, 1.54) is 0 Å². The van der Waals surface area contributed by atoms with E-state index in [9.17, 15) is 4.79 Å². The van der Waals surface area contributed by atoms with Gasteiger partial charge in [-0.15, -0.1) is 0 Å². The van der Waals surface area contributed by atoms with Gasteiger partial charge in [0.05, 0.1) is 11.6 Å². The van der Waals surface area contributed by atoms with Crippen LogP contribution in [0.5, 0.6) is 0 Å². The third-order valence-corrected chi connectivity index (χ3v) is 5.23. The highest BCUT2D eigenvalue weighted by Gasteiger charge is 2.31. The second kappa shape index (κ2) is 9.06. The summed E-state index contributed by atoms with van der Waals surface area (Å²) in [6.07, 6.45) is -0.429. The van der Waals surface area contributed by atoms with E-state index in [2.05, 4.69) is 17.0 Å². The van der Waals surface area contributed by atoms with Crippen molar-refractivity contribution < 1.29 is 9.53 Å². The van der Waals surface area contributed by atoms with E-state index < -0.39 is 6.10 Å². The lowest BCUT2D eigenvalue weighted by atomic mass is 9.94. The number of nitrogens with zero attached hydrogens (tertiary/aromatic N) is 1. The molecule has 3 rings (SSSR count). The second-order valence-electron chi connectivity index (χ2n) is 7.83. The van der Waals surface area contributed by atoms with Gasteiger partial charge in [-0.05, 0) is 57.1 Å². The molecule has 150 valence electrons. The first-order valence-corrected chi connectivity index (χ1v) is 9.93. The average molecular weight is 388 g/mol. The normalized spacial score (nSPS) is 13.2. The van der Waals surface area contributed by atoms with Crippen LogP contribution < -0.4 is 0 Å². The predicted octanol–water partition coefficient (Wildman–Crippen LogP) is 5.81. The summed E-state index contributed by atoms with van der Waals surface area (Å²) in [5.41, 5.74) is 5.77. The molecule has 0 saturated heterocycles. The molecule has 0 heterocycles. The van der Waals surface area contributed by atoms with Gasteiger partial charge in [-0.2, -0.15) is 0 Å². The lowest BCUT2D eigenvalue weighted by Crippen LogP contribution is -2.29. The summed E-state index contributed by atoms with van der Waals surface area (Å²) in [5.74, 6) is -0.281. The van der Waals surface area contributed by atoms with Gasteiger partial charge in [0.2, 0.25) is 0 Å². The molecule has 0 saturated carbocycles. The third-order valence-electron chi connectivity index (χ3n) is 5.23. The molecule has 3 heteroatoms. The minimum absolute atomic E-state index is 0.103. The summed E-state index contributed by atoms with van der Waals surface area (Å²) in [7, 11) is 4.04. The zero-order valence-corrected chi connectivity index (χ0v) is 17.8. The Morgan fingerprint density at radius 3 is 1.76 bits per heavy atom. The summed E-state index contributed by atoms with van der Waals surface area (Å²) < 4.78 is 6.22. The molecule has 29 heavy (non-hydrogen) atoms. The molecule has 0 spiro atoms. The maximum Gasteiger partial charge on any atom is 0.339 e. The number of likely N-dealkylation sites (N-methyl/N-ethyl adjacent to an activating group) is 1. The number of rotatable bonds is 6. The Hall–Kier alpha value is -2.91. The maximum absolute atomic E-state index is 13.3. The summed E-state index contributed by atoms with van der Waals surface area (Å²) in [6, 6.07) is 24.1. The van der Waals surface area contributed by atoms with E-state index in [1.807, 2.05) is 95.5 Å². The fourth-order valence-corrected chi connectivity index (χ4v) is 4.03. The number of ether oxygens (including phenoxy) is 1. The first-order chi connectivity index (χ1) is 13.9. The van der Waals surface area contributed by atoms with Gasteiger partial charge in [0.15, 0.2) is 0 Å². The van der Waals surface area contributed by atoms with Crippen molar-refractivity contribution in [1.29, 1.82) is 0 Å². The van der Waals surface area contributed by atoms with Gasteiger partial charge < -0.3 is 4.74 Å². The van der Waals surface area contributed by atoms with Gasteiger partial charge in [0.25, 0.3) is 0 Å². The summed E-state index contributed by atoms with van der Waals surface area (Å²) in [5, 5.41) is 0. The Kier molecular flexibility index (Phi) is 6.50. The van der Waals surface area contributed by atoms with E-state index in [-0.39, 0.29) is 12.0 Å². The van der Waals surface area contributed by atoms with Crippen molar-refractivity contribution in [3.63, 3.8) is 0 Å². The SMILES string of the molecule is Cc1cc(C)c(C(=O)O[C@@H](c2ccccc2)[C@H](c2ccccc2)N(C)C)c(C)c1. The molecule has 0 N–H and O–H groups in total. The second-order valence-corrected chi connectivity index (χ2v) is 7.83. The molecule has 0 aliphatic carbocycles. The van der Waals surface area contributed by atoms with Gasteiger partial charge in [-0.25, -0.2) is 4.79 Å². The molecule has 0 aromatic heterocycles. The highest BCUT2D eigenvalue weighted by atomic mass is 16.5. The topological polar surface area (TPSA) is 29.5 Å². The van der Waals surface area contributed by atoms with Crippen LogP contribution in [-0.4, -0.2) is 25.0 Å². The van der Waals surface area contributed by atoms with E-state index in [0.29, 0.717) is 5.56 Å². The highest BCUT2D eigenvalue weighted by Crippen LogP contribution is 2.36. The van der Waals surface area contributed by atoms with Crippen molar-refractivity contribution in [2.75, 3.05) is 14.1 Å². The molecule has 2 atom stereocenters. The Morgan fingerprint density at radius 2 is 1.28 bits per heavy atom. The molecule has 0 aliphatic rings. The summed E-state index contributed by atoms with van der Waals surface area (Å²) >= 11 is 0. The first kappa shape index (κ1) is 20.8. The van der Waals surface area contributed by atoms with Gasteiger partial charge in [0.1, 0.15) is 6.10 Å². The minimum atomic E-state index is -0.429. The number of benzene rings is 3. The molecule has 0 amide bonds. The van der Waals surface area contributed by atoms with Crippen molar-refractivity contribution in [3.05, 3.63) is 106 Å². The van der Waals surface area contributed by atoms with Crippen LogP contribution in [-0.2, 0) is 4.74 Å². The van der Waals surface area contributed by atoms with Crippen LogP contribution in [0.2, 0.25) is 0 Å². The Morgan fingerprint density at radius 1 is 0.793 bits per heavy atom. The van der Waals surface area contributed by atoms with E-state index in [0.717, 1.165) is 27.8 Å². The van der Waals surface area contributed by atoms with Gasteiger partial charge in [-0.3, -0.25) is 4.90 Å². The molecular weight excluding hydrogens is 358 g/mol. The quantitative estimate of drug-likeness (QED) is 0.500. The largest absolute Gasteiger partial charge is 0.452 e. The van der Waals surface area contributed by atoms with Crippen LogP contribution in [0.4, 0.5) is 0 Å². The third kappa shape index (κ3) is 4.75. The molecule has 0 aliphatic heterocycles. The van der Waals surface area contributed by atoms with Crippen LogP contribution >= 0.6 is 0 Å². The molecular formula is C26H29NO2. The number of carbonyl (C=O) groups excluding carboxylic acids is 1. The molecule has 3 aromatic carbocycles. The number of esters is 1. The minimum Gasteiger partial charge on any atom is -0.452 e. The number of aryl methyl sites for hydroxylation is 3. The highest BCUT2D eigenvalue weighted by molar-refractivity contribution is 5.93. The van der Waals surface area contributed by atoms with E-state index in [1.54, 1.807) is 0 Å². The molecule has 0 unspecified atom stereocenters. The van der Waals surface area contributed by atoms with Crippen molar-refractivity contribution in [3.8, 4) is 0 Å². The van der Waals surface area contributed by atoms with Crippen LogP contribution in [0.15, 0.2) is 72.8 Å². The van der Waals surface area contributed by atoms with Gasteiger partial charge in [-0.1, -0.05) is 78.4 Å². The van der Waals surface area contributed by atoms with Crippen LogP contribution in [0.25, 0.3) is 0 Å². The Balaban J connectivity index is 2.04. The Labute approximate surface area is 174 Å². The molecule has 0 radical (unpaired) electrons. The number of carbonyl (C=O) groups is 1. The zero-order chi connectivity index (χ0) is 21.0. The lowest BCUT2D eigenvalue weighted by Gasteiger charge is -2.33. The molecule has 3 aromatic rings. The molecule has 0 fully saturated rings. The fourth-order valence-electron chi connectivity index (χ4n) is 4.03. The standard InChI is InChI=1S/C26H29NO2/c1-18-16-19(2)23(20(3)17-18)26(28)29-25(22-14-10-7-11-15-22)24(27(4)5)21-12-8-6-9-13-21/h6-17,24-25H,1-5H3/t24-,25-/m0/s1. The monoisotopic (exact) mass is 387 g/mol. The van der Waals surface area contributed by atoms with Gasteiger partial charge in [0, 0.05) is 0 Å². The Bertz CT molecular complexity index is 942. The van der Waals surface area contributed by atoms with Crippen LogP contribution in [0.1, 0.15) is 50.3 Å². The van der Waals surface area contributed by atoms with Gasteiger partial charge >= 0.3 is 5.97 Å². The summed E-state index contributed by atoms with van der Waals surface area (Å²) in [4.78, 5) is 15.4. The van der Waals surface area contributed by atoms with E-state index >= 15 is 0 Å². The van der Waals surface area contributed by atoms with Crippen LogP contribution in [0, 0.1) is 20.8 Å². The predicted molar refractivity (Wildman–Crippen MR) is 118 cm³/mol. The van der Waals surface area contributed by atoms with E-state index in [4.69, 9.17) is 4.74 Å². The van der Waals surface area contributed by atoms with Crippen molar-refractivity contribution in [2.24, 2.45) is 0 Å². The average Bonchev–Trinajstić information content (AvgIpc) is 2.68. The summed E-state index contributed by atoms with van der Waals surface area (Å²) in [6.45, 7) is 5.98. The van der Waals surface area contributed by atoms with Crippen molar-refractivity contribution in [1.82, 2.24) is 4.90 Å². The van der Waals surface area contributed by atoms with Crippen LogP contribution in [0.3, 0.4) is 0 Å². The molecule has 3 nitrogen and oxygen atoms in total. The van der Waals surface area contributed by atoms with Crippen molar-refractivity contribution >= 4 is 5.97 Å². The smallest absolute Gasteiger partial charge is 0.339 e. The number of hydrogen-bond donors (Lipinski definition) is 0. The first-order valence-electron chi connectivity index (χ1n) is 9.93. The molecule has 0 bridgehead atoms. The zero-order valence-electron chi connectivity index (χ0n) is 17.8. The number of hydrogen-bond acceptors (Lipinski definition) is 3. The lowest BCUT2D eigenvalue weighted by molar-refractivity contribution is 0.00480. The van der Waals surface area contributed by atoms with Crippen molar-refractivity contribution in [2.45, 2.75) is 32.9 Å².